The summed E-state index contributed by atoms with van der Waals surface area (Å²) in [6.45, 7) is 4.07. The summed E-state index contributed by atoms with van der Waals surface area (Å²) >= 11 is 0. The molecule has 0 aliphatic carbocycles. The number of allylic oxidation sites excluding steroid dienone is 1. The molecule has 1 aliphatic heterocycles. The van der Waals surface area contributed by atoms with Gasteiger partial charge in [-0.25, -0.2) is 4.79 Å². The Morgan fingerprint density at radius 3 is 2.69 bits per heavy atom. The second-order valence-corrected chi connectivity index (χ2v) is 3.02. The zero-order valence-corrected chi connectivity index (χ0v) is 7.91. The molecule has 13 heavy (non-hydrogen) atoms. The van der Waals surface area contributed by atoms with Crippen molar-refractivity contribution in [1.29, 1.82) is 0 Å². The Bertz CT molecular complexity index is 248. The highest BCUT2D eigenvalue weighted by atomic mass is 16.2. The Kier molecular flexibility index (Phi) is 3.06. The maximum absolute atomic E-state index is 11.3. The van der Waals surface area contributed by atoms with Gasteiger partial charge in [-0.15, -0.1) is 0 Å². The van der Waals surface area contributed by atoms with E-state index in [-0.39, 0.29) is 18.0 Å². The van der Waals surface area contributed by atoms with E-state index in [0.717, 1.165) is 6.42 Å². The molecule has 4 heteroatoms. The van der Waals surface area contributed by atoms with Gasteiger partial charge < -0.3 is 5.32 Å². The maximum Gasteiger partial charge on any atom is 0.324 e. The average molecular weight is 182 g/mol. The van der Waals surface area contributed by atoms with Crippen LogP contribution in [0.15, 0.2) is 12.2 Å². The molecule has 1 aliphatic rings. The number of nitrogens with zero attached hydrogens (tertiary/aromatic N) is 1. The second-order valence-electron chi connectivity index (χ2n) is 3.02. The lowest BCUT2D eigenvalue weighted by atomic mass is 10.3. The highest BCUT2D eigenvalue weighted by Crippen LogP contribution is 2.06. The summed E-state index contributed by atoms with van der Waals surface area (Å²) in [5.41, 5.74) is 0. The number of urea groups is 1. The zero-order chi connectivity index (χ0) is 9.84. The van der Waals surface area contributed by atoms with Crippen LogP contribution < -0.4 is 5.32 Å². The molecule has 3 amide bonds. The summed E-state index contributed by atoms with van der Waals surface area (Å²) in [5, 5.41) is 2.56. The third-order valence-corrected chi connectivity index (χ3v) is 1.98. The lowest BCUT2D eigenvalue weighted by molar-refractivity contribution is -0.127. The van der Waals surface area contributed by atoms with Gasteiger partial charge in [-0.05, 0) is 20.3 Å². The Morgan fingerprint density at radius 2 is 2.23 bits per heavy atom. The van der Waals surface area contributed by atoms with Gasteiger partial charge in [0.2, 0.25) is 0 Å². The molecule has 4 nitrogen and oxygen atoms in total. The molecule has 72 valence electrons. The fourth-order valence-corrected chi connectivity index (χ4v) is 1.24. The van der Waals surface area contributed by atoms with Crippen LogP contribution in [0.3, 0.4) is 0 Å². The van der Waals surface area contributed by atoms with Gasteiger partial charge in [0.05, 0.1) is 0 Å². The van der Waals surface area contributed by atoms with Crippen LogP contribution in [0.25, 0.3) is 0 Å². The van der Waals surface area contributed by atoms with Crippen molar-refractivity contribution < 1.29 is 9.59 Å². The predicted molar refractivity (Wildman–Crippen MR) is 49.1 cm³/mol. The van der Waals surface area contributed by atoms with Gasteiger partial charge in [-0.3, -0.25) is 9.69 Å². The third-order valence-electron chi connectivity index (χ3n) is 1.98. The average Bonchev–Trinajstić information content (AvgIpc) is 2.32. The van der Waals surface area contributed by atoms with Gasteiger partial charge in [0.1, 0.15) is 6.04 Å². The van der Waals surface area contributed by atoms with Gasteiger partial charge in [0.25, 0.3) is 5.91 Å². The third kappa shape index (κ3) is 2.08. The van der Waals surface area contributed by atoms with Crippen LogP contribution in [0.4, 0.5) is 4.79 Å². The molecule has 1 atom stereocenters. The van der Waals surface area contributed by atoms with Crippen LogP contribution >= 0.6 is 0 Å². The molecule has 0 aromatic heterocycles. The van der Waals surface area contributed by atoms with E-state index in [1.165, 1.54) is 4.90 Å². The van der Waals surface area contributed by atoms with Crippen LogP contribution in [0, 0.1) is 0 Å². The normalized spacial score (nSPS) is 22.9. The SMILES string of the molecule is C/C=C/CCN1C(=O)NC(C)C1=O. The molecule has 1 saturated heterocycles. The number of amides is 3. The fraction of sp³-hybridized carbons (Fsp3) is 0.556. The lowest BCUT2D eigenvalue weighted by Crippen LogP contribution is -2.31. The van der Waals surface area contributed by atoms with Gasteiger partial charge in [-0.2, -0.15) is 0 Å². The maximum atomic E-state index is 11.3. The van der Waals surface area contributed by atoms with E-state index in [1.54, 1.807) is 6.92 Å². The Hall–Kier alpha value is -1.32. The van der Waals surface area contributed by atoms with Gasteiger partial charge in [0.15, 0.2) is 0 Å². The van der Waals surface area contributed by atoms with E-state index >= 15 is 0 Å². The van der Waals surface area contributed by atoms with Gasteiger partial charge in [0, 0.05) is 6.54 Å². The van der Waals surface area contributed by atoms with E-state index in [4.69, 9.17) is 0 Å². The summed E-state index contributed by atoms with van der Waals surface area (Å²) in [6.07, 6.45) is 4.56. The van der Waals surface area contributed by atoms with Crippen LogP contribution in [0.1, 0.15) is 20.3 Å². The van der Waals surface area contributed by atoms with E-state index in [9.17, 15) is 9.59 Å². The first-order chi connectivity index (χ1) is 6.16. The Morgan fingerprint density at radius 1 is 1.54 bits per heavy atom. The molecule has 1 rings (SSSR count). The molecule has 1 heterocycles. The number of carbonyl (C=O) groups excluding carboxylic acids is 2. The predicted octanol–water partition coefficient (Wildman–Crippen LogP) is 0.893. The van der Waals surface area contributed by atoms with Crippen molar-refractivity contribution in [2.75, 3.05) is 6.54 Å². The van der Waals surface area contributed by atoms with Gasteiger partial charge in [-0.1, -0.05) is 12.2 Å². The Labute approximate surface area is 77.6 Å². The number of nitrogens with one attached hydrogen (secondary N) is 1. The molecule has 0 saturated carbocycles. The zero-order valence-electron chi connectivity index (χ0n) is 7.91. The molecule has 0 spiro atoms. The lowest BCUT2D eigenvalue weighted by Gasteiger charge is -2.09. The largest absolute Gasteiger partial charge is 0.326 e. The molecular weight excluding hydrogens is 168 g/mol. The minimum atomic E-state index is -0.363. The van der Waals surface area contributed by atoms with Crippen LogP contribution in [-0.2, 0) is 4.79 Å². The molecule has 1 fully saturated rings. The highest BCUT2D eigenvalue weighted by Gasteiger charge is 2.33. The van der Waals surface area contributed by atoms with Crippen LogP contribution in [0.5, 0.6) is 0 Å². The van der Waals surface area contributed by atoms with Crippen molar-refractivity contribution in [3.05, 3.63) is 12.2 Å². The summed E-state index contributed by atoms with van der Waals surface area (Å²) in [7, 11) is 0. The summed E-state index contributed by atoms with van der Waals surface area (Å²) < 4.78 is 0. The van der Waals surface area contributed by atoms with E-state index in [2.05, 4.69) is 5.32 Å². The van der Waals surface area contributed by atoms with E-state index < -0.39 is 0 Å². The van der Waals surface area contributed by atoms with Crippen LogP contribution in [0.2, 0.25) is 0 Å². The number of hydrogen-bond donors (Lipinski definition) is 1. The summed E-state index contributed by atoms with van der Waals surface area (Å²) in [6, 6.07) is -0.639. The molecule has 0 bridgehead atoms. The molecule has 0 aromatic carbocycles. The molecule has 0 aromatic rings. The monoisotopic (exact) mass is 182 g/mol. The van der Waals surface area contributed by atoms with Crippen molar-refractivity contribution >= 4 is 11.9 Å². The first-order valence-electron chi connectivity index (χ1n) is 4.40. The summed E-state index contributed by atoms with van der Waals surface area (Å²) in [5.74, 6) is -0.130. The van der Waals surface area contributed by atoms with Gasteiger partial charge >= 0.3 is 6.03 Å². The molecule has 1 N–H and O–H groups in total. The van der Waals surface area contributed by atoms with E-state index in [0.29, 0.717) is 6.54 Å². The van der Waals surface area contributed by atoms with Crippen molar-refractivity contribution in [3.8, 4) is 0 Å². The van der Waals surface area contributed by atoms with Crippen molar-refractivity contribution in [3.63, 3.8) is 0 Å². The summed E-state index contributed by atoms with van der Waals surface area (Å²) in [4.78, 5) is 23.7. The smallest absolute Gasteiger partial charge is 0.324 e. The van der Waals surface area contributed by atoms with Crippen molar-refractivity contribution in [2.24, 2.45) is 0 Å². The quantitative estimate of drug-likeness (QED) is 0.520. The number of carbonyl (C=O) groups is 2. The van der Waals surface area contributed by atoms with E-state index in [1.807, 2.05) is 19.1 Å². The molecule has 1 unspecified atom stereocenters. The minimum absolute atomic E-state index is 0.130. The second kappa shape index (κ2) is 4.07. The minimum Gasteiger partial charge on any atom is -0.326 e. The Balaban J connectivity index is 2.49. The van der Waals surface area contributed by atoms with Crippen LogP contribution in [-0.4, -0.2) is 29.4 Å². The standard InChI is InChI=1S/C9H14N2O2/c1-3-4-5-6-11-8(12)7(2)10-9(11)13/h3-4,7H,5-6H2,1-2H3,(H,10,13)/b4-3+. The fourth-order valence-electron chi connectivity index (χ4n) is 1.24. The highest BCUT2D eigenvalue weighted by molar-refractivity contribution is 6.03. The molecule has 0 radical (unpaired) electrons. The number of rotatable bonds is 3. The first kappa shape index (κ1) is 9.77. The molecular formula is C9H14N2O2. The first-order valence-corrected chi connectivity index (χ1v) is 4.40. The van der Waals surface area contributed by atoms with Crippen molar-refractivity contribution in [2.45, 2.75) is 26.3 Å². The number of hydrogen-bond acceptors (Lipinski definition) is 2. The number of imide groups is 1. The topological polar surface area (TPSA) is 49.4 Å². The van der Waals surface area contributed by atoms with Crippen molar-refractivity contribution in [1.82, 2.24) is 10.2 Å².